The van der Waals surface area contributed by atoms with Gasteiger partial charge in [0.25, 0.3) is 0 Å². The molecule has 0 saturated heterocycles. The summed E-state index contributed by atoms with van der Waals surface area (Å²) in [6.45, 7) is 12.9. The normalized spacial score (nSPS) is 12.1. The quantitative estimate of drug-likeness (QED) is 0.355. The molecule has 0 aromatic heterocycles. The largest absolute Gasteiger partial charge is 3.00 e. The molecule has 6 heteroatoms. The van der Waals surface area contributed by atoms with Crippen molar-refractivity contribution in [3.63, 3.8) is 0 Å². The predicted molar refractivity (Wildman–Crippen MR) is 123 cm³/mol. The van der Waals surface area contributed by atoms with Crippen LogP contribution in [0.25, 0.3) is 0 Å². The van der Waals surface area contributed by atoms with E-state index in [1.165, 1.54) is 0 Å². The van der Waals surface area contributed by atoms with Gasteiger partial charge < -0.3 is 21.8 Å². The van der Waals surface area contributed by atoms with Crippen molar-refractivity contribution in [2.75, 3.05) is 20.0 Å². The first-order valence-electron chi connectivity index (χ1n) is 8.07. The van der Waals surface area contributed by atoms with Crippen LogP contribution in [0.2, 0.25) is 0 Å². The second-order valence-electron chi connectivity index (χ2n) is 6.22. The molecule has 27 heavy (non-hydrogen) atoms. The molecule has 0 radical (unpaired) electrons. The van der Waals surface area contributed by atoms with E-state index >= 15 is 0 Å². The molecule has 2 atom stereocenters. The third-order valence-corrected chi connectivity index (χ3v) is 4.61. The Morgan fingerprint density at radius 1 is 0.815 bits per heavy atom. The smallest absolute Gasteiger partial charge is 0.358 e. The molecule has 0 aliphatic heterocycles. The zero-order valence-corrected chi connectivity index (χ0v) is 21.7. The standard InChI is InChI=1S/C16H19NO2P.C3H9P.2CH3.Ir/c1-13(15-9-5-3-6-10-15)17(20(18)19)14(2)16-11-7-4-8-12-16;1-4(2)3;;;/h3-14,18-19H,1H2,2H3;1-3H3;2*1H3;/q-1;;2*-1;+3/p+2/t13?,14-;;;;/m0..../s1. The van der Waals surface area contributed by atoms with Crippen molar-refractivity contribution in [2.24, 2.45) is 0 Å². The van der Waals surface area contributed by atoms with E-state index in [2.05, 4.69) is 26.9 Å². The molecule has 2 N–H and O–H groups in total. The third kappa shape index (κ3) is 11.4. The zero-order chi connectivity index (χ0) is 18.1. The van der Waals surface area contributed by atoms with E-state index in [-0.39, 0.29) is 55.0 Å². The average Bonchev–Trinajstić information content (AvgIpc) is 2.55. The van der Waals surface area contributed by atoms with E-state index in [9.17, 15) is 9.79 Å². The van der Waals surface area contributed by atoms with Crippen molar-refractivity contribution in [1.29, 1.82) is 0 Å². The van der Waals surface area contributed by atoms with Gasteiger partial charge in [-0.3, -0.25) is 0 Å². The summed E-state index contributed by atoms with van der Waals surface area (Å²) in [5.74, 6) is 0. The van der Waals surface area contributed by atoms with E-state index in [1.54, 1.807) is 4.67 Å². The number of hydrogen-bond acceptors (Lipinski definition) is 3. The maximum Gasteiger partial charge on any atom is 3.00 e. The maximum absolute atomic E-state index is 9.82. The maximum atomic E-state index is 9.82. The summed E-state index contributed by atoms with van der Waals surface area (Å²) in [7, 11) is -2.47. The summed E-state index contributed by atoms with van der Waals surface area (Å²) in [6.07, 6.45) is 0. The van der Waals surface area contributed by atoms with Gasteiger partial charge in [0.15, 0.2) is 0 Å². The first kappa shape index (κ1) is 31.5. The first-order chi connectivity index (χ1) is 11.3. The predicted octanol–water partition coefficient (Wildman–Crippen LogP) is 5.56. The van der Waals surface area contributed by atoms with E-state index in [1.807, 2.05) is 67.6 Å². The summed E-state index contributed by atoms with van der Waals surface area (Å²) < 4.78 is 1.68. The van der Waals surface area contributed by atoms with E-state index < -0.39 is 8.53 Å². The Morgan fingerprint density at radius 3 is 1.48 bits per heavy atom. The van der Waals surface area contributed by atoms with Crippen LogP contribution in [-0.2, 0) is 20.1 Å². The number of rotatable bonds is 5. The van der Waals surface area contributed by atoms with Crippen molar-refractivity contribution >= 4 is 16.4 Å². The van der Waals surface area contributed by atoms with Gasteiger partial charge >= 0.3 is 28.6 Å². The van der Waals surface area contributed by atoms with Crippen LogP contribution in [0, 0.1) is 21.8 Å². The van der Waals surface area contributed by atoms with E-state index in [0.29, 0.717) is 0 Å². The molecule has 2 aromatic rings. The van der Waals surface area contributed by atoms with Crippen LogP contribution in [-0.4, -0.2) is 34.5 Å². The van der Waals surface area contributed by atoms with Gasteiger partial charge in [-0.1, -0.05) is 72.3 Å². The average molecular weight is 589 g/mol. The van der Waals surface area contributed by atoms with Crippen LogP contribution in [0.5, 0.6) is 0 Å². The van der Waals surface area contributed by atoms with Gasteiger partial charge in [0, 0.05) is 20.0 Å². The first-order valence-corrected chi connectivity index (χ1v) is 12.4. The molecule has 0 bridgehead atoms. The number of benzene rings is 2. The van der Waals surface area contributed by atoms with Crippen molar-refractivity contribution in [1.82, 2.24) is 4.67 Å². The van der Waals surface area contributed by atoms with Crippen molar-refractivity contribution in [3.8, 4) is 0 Å². The molecule has 3 nitrogen and oxygen atoms in total. The molecular weight excluding hydrogens is 552 g/mol. The van der Waals surface area contributed by atoms with Crippen LogP contribution >= 0.6 is 16.4 Å². The summed E-state index contributed by atoms with van der Waals surface area (Å²) in [5.41, 5.74) is 2.02. The van der Waals surface area contributed by atoms with Gasteiger partial charge in [0.2, 0.25) is 0 Å². The van der Waals surface area contributed by atoms with E-state index in [4.69, 9.17) is 0 Å². The second-order valence-corrected chi connectivity index (χ2v) is 10.3. The minimum absolute atomic E-state index is 0. The molecule has 2 aromatic carbocycles. The van der Waals surface area contributed by atoms with Gasteiger partial charge in [0.05, 0.1) is 6.04 Å². The Labute approximate surface area is 183 Å². The van der Waals surface area contributed by atoms with Crippen molar-refractivity contribution in [3.05, 3.63) is 93.6 Å². The Kier molecular flexibility index (Phi) is 19.6. The van der Waals surface area contributed by atoms with Crippen molar-refractivity contribution < 1.29 is 29.9 Å². The minimum atomic E-state index is -2.59. The Bertz CT molecular complexity index is 523. The SMILES string of the molecule is C[PH+](C)C.[CH2-]C(c1ccccc1)N([C@@H](C)c1ccccc1)[PH+](O)O.[CH3-].[CH3-].[Ir+3]. The fourth-order valence-electron chi connectivity index (χ4n) is 2.31. The summed E-state index contributed by atoms with van der Waals surface area (Å²) >= 11 is 0. The molecule has 154 valence electrons. The van der Waals surface area contributed by atoms with Crippen LogP contribution in [0.3, 0.4) is 0 Å². The zero-order valence-electron chi connectivity index (χ0n) is 17.3. The van der Waals surface area contributed by atoms with Gasteiger partial charge in [-0.05, 0) is 20.4 Å². The fraction of sp³-hybridized carbons (Fsp3) is 0.286. The molecule has 0 aliphatic carbocycles. The van der Waals surface area contributed by atoms with Crippen LogP contribution in [0.1, 0.15) is 30.1 Å². The Balaban J connectivity index is -0.000000751. The summed E-state index contributed by atoms with van der Waals surface area (Å²) in [5, 5.41) is 0. The third-order valence-electron chi connectivity index (χ3n) is 3.45. The fourth-order valence-corrected chi connectivity index (χ4v) is 3.23. The molecule has 0 saturated carbocycles. The Hall–Kier alpha value is -0.171. The number of hydrogen-bond donors (Lipinski definition) is 2. The topological polar surface area (TPSA) is 43.7 Å². The molecular formula is C21H36IrNO2P2+2. The number of nitrogens with zero attached hydrogens (tertiary/aromatic N) is 1. The summed E-state index contributed by atoms with van der Waals surface area (Å²) in [4.78, 5) is 19.6. The van der Waals surface area contributed by atoms with Gasteiger partial charge in [-0.25, -0.2) is 9.79 Å². The van der Waals surface area contributed by atoms with Crippen molar-refractivity contribution in [2.45, 2.75) is 19.0 Å². The van der Waals surface area contributed by atoms with Crippen LogP contribution in [0.4, 0.5) is 0 Å². The minimum Gasteiger partial charge on any atom is -0.358 e. The van der Waals surface area contributed by atoms with Gasteiger partial charge in [0.1, 0.15) is 0 Å². The van der Waals surface area contributed by atoms with Crippen LogP contribution in [0.15, 0.2) is 60.7 Å². The van der Waals surface area contributed by atoms with Gasteiger partial charge in [-0.15, -0.1) is 4.67 Å². The van der Waals surface area contributed by atoms with E-state index in [0.717, 1.165) is 11.1 Å². The molecule has 0 fully saturated rings. The molecule has 0 amide bonds. The van der Waals surface area contributed by atoms with Crippen LogP contribution < -0.4 is 0 Å². The second kappa shape index (κ2) is 16.8. The molecule has 1 unspecified atom stereocenters. The summed E-state index contributed by atoms with van der Waals surface area (Å²) in [6, 6.07) is 19.1. The molecule has 2 rings (SSSR count). The monoisotopic (exact) mass is 589 g/mol. The molecule has 0 heterocycles. The molecule has 0 spiro atoms. The Morgan fingerprint density at radius 2 is 1.15 bits per heavy atom. The molecule has 0 aliphatic rings. The van der Waals surface area contributed by atoms with Gasteiger partial charge in [-0.2, -0.15) is 0 Å².